The van der Waals surface area contributed by atoms with E-state index in [1.165, 1.54) is 55.5 Å². The van der Waals surface area contributed by atoms with Gasteiger partial charge in [-0.3, -0.25) is 28.8 Å². The molecule has 3 aromatic carbocycles. The number of phenols is 2. The summed E-state index contributed by atoms with van der Waals surface area (Å²) in [6.07, 6.45) is 3.26. The molecule has 0 unspecified atom stereocenters. The van der Waals surface area contributed by atoms with Crippen molar-refractivity contribution in [2.75, 3.05) is 19.7 Å². The number of phenolic OH excluding ortho intramolecular Hbond substituents is 2. The van der Waals surface area contributed by atoms with Gasteiger partial charge in [-0.15, -0.1) is 0 Å². The van der Waals surface area contributed by atoms with Crippen LogP contribution in [0.5, 0.6) is 11.5 Å². The topological polar surface area (TPSA) is 366 Å². The second-order valence-corrected chi connectivity index (χ2v) is 16.6. The van der Waals surface area contributed by atoms with Crippen LogP contribution in [0.2, 0.25) is 0 Å². The van der Waals surface area contributed by atoms with E-state index < -0.39 is 90.3 Å². The number of aliphatic carboxylic acids is 1. The maximum Gasteiger partial charge on any atom is 0.326 e. The van der Waals surface area contributed by atoms with Crippen molar-refractivity contribution < 1.29 is 54.0 Å². The molecule has 4 aromatic rings. The lowest BCUT2D eigenvalue weighted by Crippen LogP contribution is -2.61. The number of aromatic amines is 1. The highest BCUT2D eigenvalue weighted by molar-refractivity contribution is 5.97. The number of aromatic hydroxyl groups is 2. The minimum atomic E-state index is -1.71. The maximum atomic E-state index is 14.5. The largest absolute Gasteiger partial charge is 0.508 e. The fourth-order valence-corrected chi connectivity index (χ4v) is 7.25. The Bertz CT molecular complexity index is 2310. The molecule has 6 amide bonds. The van der Waals surface area contributed by atoms with Gasteiger partial charge in [0, 0.05) is 36.4 Å². The fraction of sp³-hybridized carbons (Fsp3) is 0.426. The van der Waals surface area contributed by atoms with E-state index in [9.17, 15) is 54.0 Å². The van der Waals surface area contributed by atoms with Gasteiger partial charge in [-0.25, -0.2) is 4.79 Å². The van der Waals surface area contributed by atoms with Crippen LogP contribution in [-0.2, 0) is 52.8 Å². The minimum Gasteiger partial charge on any atom is -0.508 e. The van der Waals surface area contributed by atoms with E-state index in [1.807, 2.05) is 0 Å². The molecule has 1 heterocycles. The Balaban J connectivity index is 1.65. The number of H-pyrrole nitrogens is 1. The number of para-hydroxylation sites is 1. The molecule has 0 aliphatic rings. The number of aliphatic hydroxyl groups excluding tert-OH is 1. The lowest BCUT2D eigenvalue weighted by Gasteiger charge is -2.27. The molecule has 0 saturated heterocycles. The molecule has 21 heteroatoms. The summed E-state index contributed by atoms with van der Waals surface area (Å²) in [5, 5.41) is 56.3. The van der Waals surface area contributed by atoms with Crippen LogP contribution in [0.25, 0.3) is 10.9 Å². The number of aromatic nitrogens is 1. The van der Waals surface area contributed by atoms with Crippen molar-refractivity contribution in [2.45, 2.75) is 107 Å². The van der Waals surface area contributed by atoms with E-state index in [0.29, 0.717) is 60.8 Å². The number of hydrogen-bond acceptors (Lipinski definition) is 13. The number of carboxylic acid groups (broad SMARTS) is 1. The number of amides is 6. The molecule has 0 bridgehead atoms. The summed E-state index contributed by atoms with van der Waals surface area (Å²) in [4.78, 5) is 98.3. The number of nitrogens with two attached hydrogens (primary N) is 3. The van der Waals surface area contributed by atoms with Crippen molar-refractivity contribution in [1.29, 1.82) is 0 Å². The summed E-state index contributed by atoms with van der Waals surface area (Å²) in [6, 6.07) is 9.37. The second-order valence-electron chi connectivity index (χ2n) is 16.6. The van der Waals surface area contributed by atoms with Gasteiger partial charge in [0.15, 0.2) is 0 Å². The Labute approximate surface area is 393 Å². The Morgan fingerprint density at radius 3 is 1.43 bits per heavy atom. The standard InChI is InChI=1S/C47H64N10O11/c1-27(50)41(61)52-35(10-4-6-20-48)42(62)54-38(23-29-14-18-32(60)19-15-29)44(64)56-39(24-30-25-51-34-9-3-2-8-33(30)34)45(65)57-40(26-58)46(66)55-37(22-28-12-16-31(59)17-13-28)43(63)53-36(47(67)68)11-5-7-21-49/h2-3,8-9,12-19,25,27,35-40,51,58-60H,4-7,10-11,20-24,26,48-50H2,1H3,(H,52,61)(H,53,63)(H,54,62)(H,55,66)(H,56,64)(H,57,65)(H,67,68)/t27-,35-,36-,37-,38-,39-,40-/m0/s1. The van der Waals surface area contributed by atoms with Gasteiger partial charge >= 0.3 is 5.97 Å². The van der Waals surface area contributed by atoms with Crippen LogP contribution in [0.1, 0.15) is 62.1 Å². The SMILES string of the molecule is C[C@H](N)C(=O)N[C@@H](CCCCN)C(=O)N[C@@H](Cc1ccc(O)cc1)C(=O)N[C@@H](Cc1c[nH]c2ccccc12)C(=O)N[C@@H](CO)C(=O)N[C@@H](Cc1ccc(O)cc1)C(=O)N[C@@H](CCCCN)C(=O)O. The predicted molar refractivity (Wildman–Crippen MR) is 251 cm³/mol. The summed E-state index contributed by atoms with van der Waals surface area (Å²) >= 11 is 0. The molecule has 368 valence electrons. The summed E-state index contributed by atoms with van der Waals surface area (Å²) in [6.45, 7) is 1.11. The number of benzene rings is 3. The summed E-state index contributed by atoms with van der Waals surface area (Å²) in [5.74, 6) is -6.45. The molecule has 0 fully saturated rings. The zero-order chi connectivity index (χ0) is 49.8. The van der Waals surface area contributed by atoms with E-state index in [1.54, 1.807) is 30.5 Å². The van der Waals surface area contributed by atoms with Gasteiger partial charge in [-0.2, -0.15) is 0 Å². The molecule has 1 aromatic heterocycles. The van der Waals surface area contributed by atoms with E-state index >= 15 is 0 Å². The molecular weight excluding hydrogens is 881 g/mol. The highest BCUT2D eigenvalue weighted by Crippen LogP contribution is 2.20. The molecule has 21 nitrogen and oxygen atoms in total. The number of fused-ring (bicyclic) bond motifs is 1. The van der Waals surface area contributed by atoms with Gasteiger partial charge in [0.1, 0.15) is 47.8 Å². The lowest BCUT2D eigenvalue weighted by molar-refractivity contribution is -0.142. The molecule has 0 radical (unpaired) electrons. The number of carbonyl (C=O) groups excluding carboxylic acids is 6. The first-order valence-corrected chi connectivity index (χ1v) is 22.5. The van der Waals surface area contributed by atoms with E-state index in [4.69, 9.17) is 17.2 Å². The summed E-state index contributed by atoms with van der Waals surface area (Å²) in [7, 11) is 0. The van der Waals surface area contributed by atoms with Crippen molar-refractivity contribution in [3.8, 4) is 11.5 Å². The van der Waals surface area contributed by atoms with Crippen molar-refractivity contribution in [2.24, 2.45) is 17.2 Å². The third-order valence-electron chi connectivity index (χ3n) is 11.1. The number of carbonyl (C=O) groups is 7. The highest BCUT2D eigenvalue weighted by atomic mass is 16.4. The van der Waals surface area contributed by atoms with Crippen LogP contribution >= 0.6 is 0 Å². The quantitative estimate of drug-likeness (QED) is 0.0310. The molecule has 0 spiro atoms. The van der Waals surface area contributed by atoms with Crippen LogP contribution in [-0.4, -0.2) is 129 Å². The van der Waals surface area contributed by atoms with Crippen LogP contribution in [0.15, 0.2) is 79.0 Å². The molecule has 0 aliphatic heterocycles. The van der Waals surface area contributed by atoms with Gasteiger partial charge in [0.05, 0.1) is 12.6 Å². The van der Waals surface area contributed by atoms with Crippen molar-refractivity contribution in [1.82, 2.24) is 36.9 Å². The summed E-state index contributed by atoms with van der Waals surface area (Å²) < 4.78 is 0. The molecule has 68 heavy (non-hydrogen) atoms. The molecule has 4 rings (SSSR count). The van der Waals surface area contributed by atoms with E-state index in [2.05, 4.69) is 36.9 Å². The first kappa shape index (κ1) is 53.5. The zero-order valence-electron chi connectivity index (χ0n) is 37.9. The Hall–Kier alpha value is -7.07. The zero-order valence-corrected chi connectivity index (χ0v) is 37.9. The first-order chi connectivity index (χ1) is 32.5. The monoisotopic (exact) mass is 944 g/mol. The molecule has 7 atom stereocenters. The average Bonchev–Trinajstić information content (AvgIpc) is 3.72. The smallest absolute Gasteiger partial charge is 0.326 e. The number of rotatable bonds is 28. The van der Waals surface area contributed by atoms with Crippen LogP contribution in [0.3, 0.4) is 0 Å². The van der Waals surface area contributed by atoms with E-state index in [-0.39, 0.29) is 43.6 Å². The van der Waals surface area contributed by atoms with Crippen molar-refractivity contribution >= 4 is 52.3 Å². The molecule has 0 aliphatic carbocycles. The molecule has 17 N–H and O–H groups in total. The molecule has 0 saturated carbocycles. The average molecular weight is 945 g/mol. The fourth-order valence-electron chi connectivity index (χ4n) is 7.25. The van der Waals surface area contributed by atoms with Crippen LogP contribution < -0.4 is 49.1 Å². The van der Waals surface area contributed by atoms with Gasteiger partial charge in [-0.1, -0.05) is 42.5 Å². The van der Waals surface area contributed by atoms with E-state index in [0.717, 1.165) is 5.52 Å². The van der Waals surface area contributed by atoms with Crippen LogP contribution in [0.4, 0.5) is 0 Å². The molecular formula is C47H64N10O11. The first-order valence-electron chi connectivity index (χ1n) is 22.5. The normalized spacial score (nSPS) is 14.2. The Morgan fingerprint density at radius 1 is 0.544 bits per heavy atom. The highest BCUT2D eigenvalue weighted by Gasteiger charge is 2.34. The Kier molecular flexibility index (Phi) is 21.2. The number of carboxylic acids is 1. The second kappa shape index (κ2) is 26.9. The van der Waals surface area contributed by atoms with Gasteiger partial charge in [0.2, 0.25) is 35.4 Å². The number of unbranched alkanes of at least 4 members (excludes halogenated alkanes) is 2. The van der Waals surface area contributed by atoms with Gasteiger partial charge in [0.25, 0.3) is 0 Å². The third-order valence-corrected chi connectivity index (χ3v) is 11.1. The number of nitrogens with one attached hydrogen (secondary N) is 7. The minimum absolute atomic E-state index is 0.0506. The van der Waals surface area contributed by atoms with Crippen LogP contribution in [0, 0.1) is 0 Å². The lowest BCUT2D eigenvalue weighted by atomic mass is 10.0. The number of aliphatic hydroxyl groups is 1. The summed E-state index contributed by atoms with van der Waals surface area (Å²) in [5.41, 5.74) is 19.3. The van der Waals surface area contributed by atoms with Crippen molar-refractivity contribution in [3.63, 3.8) is 0 Å². The third kappa shape index (κ3) is 16.7. The van der Waals surface area contributed by atoms with Gasteiger partial charge < -0.3 is 74.5 Å². The maximum absolute atomic E-state index is 14.5. The van der Waals surface area contributed by atoms with Crippen molar-refractivity contribution in [3.05, 3.63) is 95.7 Å². The predicted octanol–water partition coefficient (Wildman–Crippen LogP) is -0.802. The number of hydrogen-bond donors (Lipinski definition) is 14. The van der Waals surface area contributed by atoms with Gasteiger partial charge in [-0.05, 0) is 106 Å². The Morgan fingerprint density at radius 2 is 0.956 bits per heavy atom.